The maximum absolute atomic E-state index is 12.0. The van der Waals surface area contributed by atoms with Crippen molar-refractivity contribution in [2.75, 3.05) is 6.54 Å². The van der Waals surface area contributed by atoms with E-state index in [9.17, 15) is 14.4 Å². The Hall–Kier alpha value is -2.38. The number of amides is 3. The van der Waals surface area contributed by atoms with Gasteiger partial charge in [-0.3, -0.25) is 14.4 Å². The Bertz CT molecular complexity index is 539. The standard InChI is InChI=1S/C12H16N5O3/c13-10(19)8-2-1-5-17(8)9(18)4-3-7-6-15-12(16-7)11(14)20/h4,6,8H,1-3,5H2,(H2,13,19)(H2,14,20)(H,15,16). The third-order valence-corrected chi connectivity index (χ3v) is 3.21. The van der Waals surface area contributed by atoms with Crippen LogP contribution in [0, 0.1) is 6.42 Å². The molecule has 2 heterocycles. The van der Waals surface area contributed by atoms with Crippen LogP contribution in [0.25, 0.3) is 0 Å². The Labute approximate surface area is 115 Å². The number of nitrogens with one attached hydrogen (secondary N) is 1. The summed E-state index contributed by atoms with van der Waals surface area (Å²) in [4.78, 5) is 42.1. The van der Waals surface area contributed by atoms with Crippen LogP contribution in [0.4, 0.5) is 0 Å². The van der Waals surface area contributed by atoms with E-state index in [4.69, 9.17) is 11.5 Å². The Morgan fingerprint density at radius 3 is 2.80 bits per heavy atom. The highest BCUT2D eigenvalue weighted by molar-refractivity contribution is 5.91. The zero-order valence-corrected chi connectivity index (χ0v) is 10.8. The van der Waals surface area contributed by atoms with E-state index < -0.39 is 17.9 Å². The van der Waals surface area contributed by atoms with Crippen LogP contribution < -0.4 is 11.5 Å². The zero-order valence-electron chi connectivity index (χ0n) is 10.8. The summed E-state index contributed by atoms with van der Waals surface area (Å²) >= 11 is 0. The van der Waals surface area contributed by atoms with Gasteiger partial charge in [0, 0.05) is 19.2 Å². The van der Waals surface area contributed by atoms with Gasteiger partial charge in [0.2, 0.25) is 11.8 Å². The van der Waals surface area contributed by atoms with Crippen LogP contribution in [0.3, 0.4) is 0 Å². The van der Waals surface area contributed by atoms with Gasteiger partial charge in [-0.2, -0.15) is 0 Å². The minimum absolute atomic E-state index is 0.0528. The fraction of sp³-hybridized carbons (Fsp3) is 0.417. The van der Waals surface area contributed by atoms with Gasteiger partial charge in [0.05, 0.1) is 12.1 Å². The Morgan fingerprint density at radius 2 is 2.20 bits per heavy atom. The molecule has 8 heteroatoms. The minimum atomic E-state index is -0.657. The van der Waals surface area contributed by atoms with Gasteiger partial charge >= 0.3 is 0 Å². The van der Waals surface area contributed by atoms with Crippen molar-refractivity contribution in [2.24, 2.45) is 11.5 Å². The number of aromatic nitrogens is 2. The highest BCUT2D eigenvalue weighted by Gasteiger charge is 2.32. The molecule has 0 bridgehead atoms. The summed E-state index contributed by atoms with van der Waals surface area (Å²) in [6.07, 6.45) is 4.55. The third-order valence-electron chi connectivity index (χ3n) is 3.21. The van der Waals surface area contributed by atoms with Gasteiger partial charge in [0.25, 0.3) is 5.91 Å². The van der Waals surface area contributed by atoms with Crippen molar-refractivity contribution in [3.8, 4) is 0 Å². The monoisotopic (exact) mass is 278 g/mol. The van der Waals surface area contributed by atoms with E-state index in [0.29, 0.717) is 18.7 Å². The van der Waals surface area contributed by atoms with Gasteiger partial charge in [-0.15, -0.1) is 0 Å². The van der Waals surface area contributed by atoms with E-state index in [1.54, 1.807) is 0 Å². The molecule has 1 aromatic rings. The number of nitrogens with two attached hydrogens (primary N) is 2. The van der Waals surface area contributed by atoms with E-state index >= 15 is 0 Å². The number of nitrogens with zero attached hydrogens (tertiary/aromatic N) is 2. The molecule has 3 amide bonds. The van der Waals surface area contributed by atoms with Crippen molar-refractivity contribution in [1.29, 1.82) is 0 Å². The number of likely N-dealkylation sites (tertiary alicyclic amines) is 1. The van der Waals surface area contributed by atoms with Crippen molar-refractivity contribution in [2.45, 2.75) is 25.3 Å². The fourth-order valence-electron chi connectivity index (χ4n) is 2.23. The number of carbonyl (C=O) groups is 3. The second kappa shape index (κ2) is 5.72. The van der Waals surface area contributed by atoms with Gasteiger partial charge in [-0.25, -0.2) is 4.98 Å². The maximum atomic E-state index is 12.0. The van der Waals surface area contributed by atoms with Crippen LogP contribution in [0.15, 0.2) is 6.20 Å². The van der Waals surface area contributed by atoms with Gasteiger partial charge < -0.3 is 21.4 Å². The van der Waals surface area contributed by atoms with Crippen LogP contribution in [0.5, 0.6) is 0 Å². The molecule has 1 saturated heterocycles. The first-order valence-corrected chi connectivity index (χ1v) is 6.26. The average Bonchev–Trinajstić information content (AvgIpc) is 3.04. The molecule has 1 fully saturated rings. The number of imidazole rings is 1. The summed E-state index contributed by atoms with van der Waals surface area (Å²) in [6, 6.07) is -0.529. The lowest BCUT2D eigenvalue weighted by Crippen LogP contribution is -2.43. The summed E-state index contributed by atoms with van der Waals surface area (Å²) in [6.45, 7) is 0.524. The molecular weight excluding hydrogens is 262 g/mol. The number of H-pyrrole nitrogens is 1. The molecule has 8 nitrogen and oxygen atoms in total. The van der Waals surface area contributed by atoms with Gasteiger partial charge in [-0.1, -0.05) is 0 Å². The Morgan fingerprint density at radius 1 is 1.45 bits per heavy atom. The van der Waals surface area contributed by atoms with Crippen LogP contribution in [0.2, 0.25) is 0 Å². The molecule has 0 saturated carbocycles. The van der Waals surface area contributed by atoms with Gasteiger partial charge in [0.15, 0.2) is 5.82 Å². The lowest BCUT2D eigenvalue weighted by Gasteiger charge is -2.21. The second-order valence-corrected chi connectivity index (χ2v) is 4.60. The molecule has 1 atom stereocenters. The first-order valence-electron chi connectivity index (χ1n) is 6.26. The fourth-order valence-corrected chi connectivity index (χ4v) is 2.23. The van der Waals surface area contributed by atoms with E-state index in [-0.39, 0.29) is 18.2 Å². The van der Waals surface area contributed by atoms with Crippen molar-refractivity contribution in [3.05, 3.63) is 24.1 Å². The Balaban J connectivity index is 1.91. The summed E-state index contributed by atoms with van der Waals surface area (Å²) in [5.74, 6) is -1.34. The number of hydrogen-bond donors (Lipinski definition) is 3. The molecule has 0 spiro atoms. The number of primary amides is 2. The van der Waals surface area contributed by atoms with E-state index in [0.717, 1.165) is 6.42 Å². The second-order valence-electron chi connectivity index (χ2n) is 4.60. The summed E-state index contributed by atoms with van der Waals surface area (Å²) in [5, 5.41) is 0. The number of aromatic amines is 1. The normalized spacial score (nSPS) is 18.2. The highest BCUT2D eigenvalue weighted by atomic mass is 16.2. The SMILES string of the molecule is NC(=O)c1nc(C[CH]C(=O)N2CCCC2C(N)=O)c[nH]1. The molecule has 1 aliphatic rings. The van der Waals surface area contributed by atoms with Crippen LogP contribution in [-0.4, -0.2) is 45.2 Å². The van der Waals surface area contributed by atoms with Gasteiger partial charge in [-0.05, 0) is 12.8 Å². The average molecular weight is 278 g/mol. The summed E-state index contributed by atoms with van der Waals surface area (Å²) in [5.41, 5.74) is 10.8. The number of hydrogen-bond acceptors (Lipinski definition) is 4. The Kier molecular flexibility index (Phi) is 4.02. The third kappa shape index (κ3) is 2.95. The minimum Gasteiger partial charge on any atom is -0.368 e. The number of rotatable bonds is 5. The van der Waals surface area contributed by atoms with Crippen molar-refractivity contribution >= 4 is 17.7 Å². The molecule has 0 aromatic carbocycles. The number of carbonyl (C=O) groups excluding carboxylic acids is 3. The van der Waals surface area contributed by atoms with Crippen LogP contribution in [0.1, 0.15) is 29.2 Å². The topological polar surface area (TPSA) is 135 Å². The molecule has 1 unspecified atom stereocenters. The molecule has 107 valence electrons. The quantitative estimate of drug-likeness (QED) is 0.618. The van der Waals surface area contributed by atoms with Crippen molar-refractivity contribution in [1.82, 2.24) is 14.9 Å². The summed E-state index contributed by atoms with van der Waals surface area (Å²) < 4.78 is 0. The molecule has 1 aliphatic heterocycles. The molecule has 1 radical (unpaired) electrons. The molecular formula is C12H16N5O3. The van der Waals surface area contributed by atoms with Crippen molar-refractivity contribution < 1.29 is 14.4 Å². The predicted octanol–water partition coefficient (Wildman–Crippen LogP) is -1.27. The zero-order chi connectivity index (χ0) is 14.7. The largest absolute Gasteiger partial charge is 0.368 e. The van der Waals surface area contributed by atoms with Crippen molar-refractivity contribution in [3.63, 3.8) is 0 Å². The predicted molar refractivity (Wildman–Crippen MR) is 69.0 cm³/mol. The lowest BCUT2D eigenvalue weighted by molar-refractivity contribution is -0.134. The highest BCUT2D eigenvalue weighted by Crippen LogP contribution is 2.18. The lowest BCUT2D eigenvalue weighted by atomic mass is 10.2. The van der Waals surface area contributed by atoms with Crippen LogP contribution in [-0.2, 0) is 16.0 Å². The molecule has 20 heavy (non-hydrogen) atoms. The smallest absolute Gasteiger partial charge is 0.284 e. The first-order chi connectivity index (χ1) is 9.49. The van der Waals surface area contributed by atoms with Gasteiger partial charge in [0.1, 0.15) is 6.04 Å². The first kappa shape index (κ1) is 14.0. The van der Waals surface area contributed by atoms with Crippen LogP contribution >= 0.6 is 0 Å². The molecule has 1 aromatic heterocycles. The molecule has 0 aliphatic carbocycles. The molecule has 2 rings (SSSR count). The van der Waals surface area contributed by atoms with E-state index in [1.807, 2.05) is 0 Å². The summed E-state index contributed by atoms with van der Waals surface area (Å²) in [7, 11) is 0. The van der Waals surface area contributed by atoms with E-state index in [1.165, 1.54) is 17.5 Å². The maximum Gasteiger partial charge on any atom is 0.284 e. The van der Waals surface area contributed by atoms with E-state index in [2.05, 4.69) is 9.97 Å². The molecule has 5 N–H and O–H groups in total.